The van der Waals surface area contributed by atoms with Crippen LogP contribution in [0.5, 0.6) is 5.75 Å². The number of hydrogen-bond acceptors (Lipinski definition) is 14. The van der Waals surface area contributed by atoms with Crippen molar-refractivity contribution in [2.75, 3.05) is 45.3 Å². The predicted molar refractivity (Wildman–Crippen MR) is 258 cm³/mol. The fourth-order valence-electron chi connectivity index (χ4n) is 11.1. The maximum Gasteiger partial charge on any atom is 0.268 e. The Balaban J connectivity index is 0.845. The van der Waals surface area contributed by atoms with E-state index in [1.807, 2.05) is 12.1 Å². The number of piperidine rings is 1. The van der Waals surface area contributed by atoms with E-state index in [1.54, 1.807) is 37.0 Å². The minimum Gasteiger partial charge on any atom is -0.455 e. The molecule has 9 rings (SSSR count). The summed E-state index contributed by atoms with van der Waals surface area (Å²) in [6.07, 6.45) is 19.5. The third-order valence-corrected chi connectivity index (χ3v) is 16.7. The van der Waals surface area contributed by atoms with E-state index in [-0.39, 0.29) is 42.7 Å². The number of benzene rings is 1. The second kappa shape index (κ2) is 19.3. The number of carbonyl (C=O) groups is 1. The quantitative estimate of drug-likeness (QED) is 0.126. The van der Waals surface area contributed by atoms with Crippen LogP contribution < -0.4 is 14.8 Å². The molecular weight excluding hydrogens is 895 g/mol. The first-order chi connectivity index (χ1) is 32.0. The lowest BCUT2D eigenvalue weighted by molar-refractivity contribution is -0.513. The van der Waals surface area contributed by atoms with Crippen molar-refractivity contribution in [2.24, 2.45) is 14.8 Å². The Morgan fingerprint density at radius 1 is 1.09 bits per heavy atom. The number of fused-ring (bicyclic) bond motifs is 1. The first-order valence-corrected chi connectivity index (χ1v) is 27.4. The molecule has 3 saturated heterocycles. The lowest BCUT2D eigenvalue weighted by Gasteiger charge is -2.56. The molecule has 4 aliphatic heterocycles. The number of hydrogen-bond donors (Lipinski definition) is 3. The van der Waals surface area contributed by atoms with Gasteiger partial charge in [0.25, 0.3) is 22.0 Å². The van der Waals surface area contributed by atoms with Crippen molar-refractivity contribution in [3.63, 3.8) is 0 Å². The van der Waals surface area contributed by atoms with Crippen LogP contribution in [0.1, 0.15) is 94.7 Å². The molecule has 6 atom stereocenters. The van der Waals surface area contributed by atoms with Crippen molar-refractivity contribution in [1.29, 1.82) is 0 Å². The number of pyridine rings is 1. The van der Waals surface area contributed by atoms with E-state index in [0.717, 1.165) is 50.2 Å². The number of ether oxygens (including phenoxy) is 2. The Bertz CT molecular complexity index is 2710. The highest BCUT2D eigenvalue weighted by Gasteiger charge is 2.50. The first kappa shape index (κ1) is 47.3. The minimum absolute atomic E-state index is 0.0324. The standard InChI is InChI=1S/C48H63N9O8S2/c1-31(2)39-8-5-6-9-40(39)42-10-7-19-56(42)35-25-48(26-35)16-20-55(21-17-48)34-12-14-41(44(23-34)65-37-22-32-15-18-49-45(32)50-28-37)47(58)54-67(62,63)38-24-43(57(59)60)46(52-29-38)51-27-36-13-11-33(30-64-36)53-66(3,4)61/h5-6,8-9,14-15,18,22-24,28-29,31,33-36,42-43,46,51H,7,10-13,16-17,19-21,25-27,30H2,1-4H3,(H,49,50)(H,54,58)/t33-,34?,36?,42-,43?,46?/m1/s1. The molecule has 1 spiro atoms. The van der Waals surface area contributed by atoms with Gasteiger partial charge in [0.05, 0.1) is 30.5 Å². The van der Waals surface area contributed by atoms with Gasteiger partial charge in [0.1, 0.15) is 22.1 Å². The van der Waals surface area contributed by atoms with E-state index in [9.17, 15) is 27.5 Å². The highest BCUT2D eigenvalue weighted by atomic mass is 32.2. The average Bonchev–Trinajstić information content (AvgIpc) is 3.97. The largest absolute Gasteiger partial charge is 0.455 e. The Morgan fingerprint density at radius 3 is 2.61 bits per heavy atom. The molecule has 17 nitrogen and oxygen atoms in total. The van der Waals surface area contributed by atoms with Crippen molar-refractivity contribution in [3.05, 3.63) is 104 Å². The summed E-state index contributed by atoms with van der Waals surface area (Å²) in [5, 5.41) is 16.1. The summed E-state index contributed by atoms with van der Waals surface area (Å²) in [4.78, 5) is 42.1. The second-order valence-corrected chi connectivity index (χ2v) is 24.1. The average molecular weight is 958 g/mol. The Labute approximate surface area is 393 Å². The molecule has 1 aromatic carbocycles. The highest BCUT2D eigenvalue weighted by Crippen LogP contribution is 2.54. The Hall–Kier alpha value is -4.79. The van der Waals surface area contributed by atoms with Crippen LogP contribution in [0.4, 0.5) is 0 Å². The number of amides is 1. The number of nitro groups is 1. The predicted octanol–water partition coefficient (Wildman–Crippen LogP) is 5.98. The van der Waals surface area contributed by atoms with Crippen LogP contribution in [-0.4, -0.2) is 131 Å². The molecule has 67 heavy (non-hydrogen) atoms. The number of H-pyrrole nitrogens is 1. The molecule has 0 bridgehead atoms. The zero-order valence-corrected chi connectivity index (χ0v) is 40.3. The smallest absolute Gasteiger partial charge is 0.268 e. The molecule has 0 radical (unpaired) electrons. The normalized spacial score (nSPS) is 27.3. The van der Waals surface area contributed by atoms with E-state index in [0.29, 0.717) is 54.1 Å². The zero-order chi connectivity index (χ0) is 47.1. The van der Waals surface area contributed by atoms with Gasteiger partial charge in [0, 0.05) is 75.7 Å². The maximum absolute atomic E-state index is 14.0. The van der Waals surface area contributed by atoms with Crippen LogP contribution in [0.2, 0.25) is 0 Å². The molecule has 6 aliphatic rings. The number of dihydropyridines is 1. The molecule has 3 N–H and O–H groups in total. The zero-order valence-electron chi connectivity index (χ0n) is 38.7. The third-order valence-electron chi connectivity index (χ3n) is 14.5. The van der Waals surface area contributed by atoms with Crippen molar-refractivity contribution in [1.82, 2.24) is 29.8 Å². The fraction of sp³-hybridized carbons (Fsp3) is 0.562. The van der Waals surface area contributed by atoms with Gasteiger partial charge in [-0.05, 0) is 118 Å². The molecule has 1 amide bonds. The van der Waals surface area contributed by atoms with Crippen LogP contribution in [0.15, 0.2) is 92.6 Å². The summed E-state index contributed by atoms with van der Waals surface area (Å²) >= 11 is 0. The highest BCUT2D eigenvalue weighted by molar-refractivity contribution is 7.94. The van der Waals surface area contributed by atoms with Crippen molar-refractivity contribution in [3.8, 4) is 5.75 Å². The number of aliphatic imine (C=N–C) groups is 1. The number of aromatic amines is 1. The van der Waals surface area contributed by atoms with Crippen molar-refractivity contribution < 1.29 is 31.8 Å². The molecule has 3 aromatic rings. The molecule has 1 saturated carbocycles. The van der Waals surface area contributed by atoms with Crippen LogP contribution in [0.25, 0.3) is 11.0 Å². The van der Waals surface area contributed by atoms with Gasteiger partial charge in [-0.25, -0.2) is 22.5 Å². The van der Waals surface area contributed by atoms with Crippen LogP contribution in [0, 0.1) is 15.5 Å². The van der Waals surface area contributed by atoms with Gasteiger partial charge in [-0.2, -0.15) is 0 Å². The van der Waals surface area contributed by atoms with Gasteiger partial charge in [-0.15, -0.1) is 0 Å². The molecule has 2 aliphatic carbocycles. The van der Waals surface area contributed by atoms with Crippen molar-refractivity contribution in [2.45, 2.75) is 120 Å². The maximum atomic E-state index is 14.0. The lowest BCUT2D eigenvalue weighted by Crippen LogP contribution is -2.56. The monoisotopic (exact) mass is 957 g/mol. The molecule has 4 unspecified atom stereocenters. The van der Waals surface area contributed by atoms with Gasteiger partial charge in [0.2, 0.25) is 0 Å². The summed E-state index contributed by atoms with van der Waals surface area (Å²) < 4.78 is 58.4. The summed E-state index contributed by atoms with van der Waals surface area (Å²) in [5.41, 5.74) is 3.98. The van der Waals surface area contributed by atoms with E-state index in [1.165, 1.54) is 36.8 Å². The van der Waals surface area contributed by atoms with Gasteiger partial charge in [0.15, 0.2) is 6.17 Å². The van der Waals surface area contributed by atoms with E-state index in [2.05, 4.69) is 77.3 Å². The molecule has 2 aromatic heterocycles. The molecule has 19 heteroatoms. The number of aromatic nitrogens is 2. The Kier molecular flexibility index (Phi) is 13.6. The SMILES string of the molecule is CC(C)c1ccccc1[C@H]1CCCN1C1CC2(CCN(C3C=C(Oc4cnc5[nH]ccc5c4)C(C(=O)NS(=O)(=O)C4=CC([N+](=O)[O-])C(NCC5CC[C@@H](N=S(C)(C)=O)CO5)N=C4)=CC3)CC2)C1. The minimum atomic E-state index is -4.61. The number of rotatable bonds is 14. The number of carbonyl (C=O) groups excluding carboxylic acids is 1. The number of sulfonamides is 1. The number of nitrogens with zero attached hydrogens (tertiary/aromatic N) is 6. The summed E-state index contributed by atoms with van der Waals surface area (Å²) in [6, 6.07) is 11.9. The van der Waals surface area contributed by atoms with Crippen molar-refractivity contribution >= 4 is 42.9 Å². The van der Waals surface area contributed by atoms with Crippen LogP contribution in [-0.2, 0) is 29.3 Å². The summed E-state index contributed by atoms with van der Waals surface area (Å²) in [6.45, 7) is 8.03. The lowest BCUT2D eigenvalue weighted by atomic mass is 9.59. The number of allylic oxidation sites excluding steroid dienone is 1. The van der Waals surface area contributed by atoms with Gasteiger partial charge in [-0.1, -0.05) is 44.2 Å². The Morgan fingerprint density at radius 2 is 1.88 bits per heavy atom. The molecular formula is C48H63N9O8S2. The fourth-order valence-corrected chi connectivity index (χ4v) is 12.9. The second-order valence-electron chi connectivity index (χ2n) is 19.8. The topological polar surface area (TPSA) is 214 Å². The van der Waals surface area contributed by atoms with Gasteiger partial charge < -0.3 is 14.5 Å². The van der Waals surface area contributed by atoms with E-state index in [4.69, 9.17) is 9.47 Å². The summed E-state index contributed by atoms with van der Waals surface area (Å²) in [5.74, 6) is 0.147. The molecule has 6 heterocycles. The van der Waals surface area contributed by atoms with Crippen LogP contribution in [0.3, 0.4) is 0 Å². The van der Waals surface area contributed by atoms with E-state index < -0.39 is 47.7 Å². The van der Waals surface area contributed by atoms with Gasteiger partial charge in [-0.3, -0.25) is 39.2 Å². The number of nitrogens with one attached hydrogen (secondary N) is 3. The number of likely N-dealkylation sites (tertiary alicyclic amines) is 2. The third kappa shape index (κ3) is 10.6. The van der Waals surface area contributed by atoms with Crippen LogP contribution >= 0.6 is 0 Å². The summed E-state index contributed by atoms with van der Waals surface area (Å²) in [7, 11) is -6.88. The molecule has 360 valence electrons. The molecule has 4 fully saturated rings. The van der Waals surface area contributed by atoms with E-state index >= 15 is 0 Å². The van der Waals surface area contributed by atoms with Gasteiger partial charge >= 0.3 is 0 Å². The first-order valence-electron chi connectivity index (χ1n) is 23.6.